The number of likely N-dealkylation sites (tertiary alicyclic amines) is 2. The van der Waals surface area contributed by atoms with Crippen LogP contribution in [0.4, 0.5) is 4.79 Å². The first kappa shape index (κ1) is 17.7. The summed E-state index contributed by atoms with van der Waals surface area (Å²) in [5, 5.41) is 3.13. The van der Waals surface area contributed by atoms with Crippen LogP contribution in [0.25, 0.3) is 0 Å². The number of urea groups is 1. The number of nitrogens with one attached hydrogen (secondary N) is 1. The molecule has 5 nitrogen and oxygen atoms in total. The third-order valence-corrected chi connectivity index (χ3v) is 6.24. The highest BCUT2D eigenvalue weighted by molar-refractivity contribution is 5.75. The number of rotatable bonds is 4. The highest BCUT2D eigenvalue weighted by Crippen LogP contribution is 2.29. The molecule has 0 aromatic heterocycles. The minimum Gasteiger partial charge on any atom is -0.490 e. The van der Waals surface area contributed by atoms with Crippen molar-refractivity contribution < 1.29 is 9.53 Å². The molecule has 0 saturated carbocycles. The summed E-state index contributed by atoms with van der Waals surface area (Å²) in [6.07, 6.45) is 5.85. The molecule has 5 heteroatoms. The lowest BCUT2D eigenvalue weighted by molar-refractivity contribution is 0.168. The minimum atomic E-state index is 0.0947. The van der Waals surface area contributed by atoms with Crippen LogP contribution >= 0.6 is 0 Å². The van der Waals surface area contributed by atoms with Crippen LogP contribution in [0, 0.1) is 0 Å². The van der Waals surface area contributed by atoms with Gasteiger partial charge in [0.05, 0.1) is 0 Å². The highest BCUT2D eigenvalue weighted by atomic mass is 16.5. The van der Waals surface area contributed by atoms with Crippen molar-refractivity contribution in [2.45, 2.75) is 64.1 Å². The van der Waals surface area contributed by atoms with Gasteiger partial charge in [0.25, 0.3) is 0 Å². The maximum absolute atomic E-state index is 12.6. The second-order valence-corrected chi connectivity index (χ2v) is 8.09. The van der Waals surface area contributed by atoms with Gasteiger partial charge in [0.2, 0.25) is 0 Å². The maximum atomic E-state index is 12.6. The second-order valence-electron chi connectivity index (χ2n) is 8.09. The predicted octanol–water partition coefficient (Wildman–Crippen LogP) is 2.82. The molecule has 1 aromatic rings. The van der Waals surface area contributed by atoms with Crippen LogP contribution in [0.2, 0.25) is 0 Å². The summed E-state index contributed by atoms with van der Waals surface area (Å²) in [5.41, 5.74) is 2.56. The van der Waals surface area contributed by atoms with Crippen LogP contribution in [0.3, 0.4) is 0 Å². The molecule has 26 heavy (non-hydrogen) atoms. The van der Waals surface area contributed by atoms with Crippen LogP contribution in [0.5, 0.6) is 5.75 Å². The van der Waals surface area contributed by atoms with E-state index >= 15 is 0 Å². The molecule has 2 fully saturated rings. The molecule has 3 atom stereocenters. The first-order valence-corrected chi connectivity index (χ1v) is 10.2. The van der Waals surface area contributed by atoms with Crippen molar-refractivity contribution in [3.8, 4) is 5.75 Å². The van der Waals surface area contributed by atoms with Crippen molar-refractivity contribution in [3.63, 3.8) is 0 Å². The number of hydrogen-bond donors (Lipinski definition) is 1. The van der Waals surface area contributed by atoms with Crippen molar-refractivity contribution in [2.24, 2.45) is 0 Å². The number of carbonyl (C=O) groups excluding carboxylic acids is 1. The molecule has 2 amide bonds. The third-order valence-electron chi connectivity index (χ3n) is 6.24. The summed E-state index contributed by atoms with van der Waals surface area (Å²) in [7, 11) is 0. The Morgan fingerprint density at radius 2 is 2.04 bits per heavy atom. The number of ether oxygens (including phenoxy) is 1. The number of benzene rings is 1. The Bertz CT molecular complexity index is 657. The summed E-state index contributed by atoms with van der Waals surface area (Å²) in [5.74, 6) is 1.02. The van der Waals surface area contributed by atoms with Crippen molar-refractivity contribution >= 4 is 6.03 Å². The second kappa shape index (κ2) is 7.47. The third kappa shape index (κ3) is 3.54. The first-order chi connectivity index (χ1) is 12.6. The summed E-state index contributed by atoms with van der Waals surface area (Å²) >= 11 is 0. The van der Waals surface area contributed by atoms with E-state index in [1.54, 1.807) is 0 Å². The summed E-state index contributed by atoms with van der Waals surface area (Å²) < 4.78 is 5.76. The summed E-state index contributed by atoms with van der Waals surface area (Å²) in [4.78, 5) is 17.2. The van der Waals surface area contributed by atoms with Gasteiger partial charge in [-0.15, -0.1) is 0 Å². The monoisotopic (exact) mass is 357 g/mol. The van der Waals surface area contributed by atoms with Gasteiger partial charge in [0.15, 0.2) is 0 Å². The highest BCUT2D eigenvalue weighted by Gasteiger charge is 2.37. The number of amides is 2. The molecule has 3 unspecified atom stereocenters. The molecule has 0 radical (unpaired) electrons. The van der Waals surface area contributed by atoms with Crippen LogP contribution in [0.1, 0.15) is 44.2 Å². The lowest BCUT2D eigenvalue weighted by atomic mass is 10.1. The van der Waals surface area contributed by atoms with Gasteiger partial charge in [-0.3, -0.25) is 4.90 Å². The van der Waals surface area contributed by atoms with E-state index in [0.29, 0.717) is 18.6 Å². The van der Waals surface area contributed by atoms with Crippen molar-refractivity contribution in [1.82, 2.24) is 15.1 Å². The molecule has 3 aliphatic rings. The first-order valence-electron chi connectivity index (χ1n) is 10.2. The Morgan fingerprint density at radius 3 is 2.85 bits per heavy atom. The molecule has 1 aromatic carbocycles. The van der Waals surface area contributed by atoms with E-state index in [4.69, 9.17) is 4.74 Å². The number of hydrogen-bond acceptors (Lipinski definition) is 3. The van der Waals surface area contributed by atoms with E-state index in [-0.39, 0.29) is 12.1 Å². The average Bonchev–Trinajstić information content (AvgIpc) is 3.33. The topological polar surface area (TPSA) is 44.8 Å². The zero-order chi connectivity index (χ0) is 18.1. The van der Waals surface area contributed by atoms with E-state index in [2.05, 4.69) is 42.3 Å². The van der Waals surface area contributed by atoms with Gasteiger partial charge in [-0.2, -0.15) is 0 Å². The van der Waals surface area contributed by atoms with E-state index < -0.39 is 0 Å². The van der Waals surface area contributed by atoms with Crippen LogP contribution < -0.4 is 10.1 Å². The number of fused-ring (bicyclic) bond motifs is 1. The Hall–Kier alpha value is -1.75. The van der Waals surface area contributed by atoms with Gasteiger partial charge in [-0.05, 0) is 69.8 Å². The van der Waals surface area contributed by atoms with Crippen molar-refractivity contribution in [1.29, 1.82) is 0 Å². The fraction of sp³-hybridized carbons (Fsp3) is 0.667. The smallest absolute Gasteiger partial charge is 0.317 e. The lowest BCUT2D eigenvalue weighted by Crippen LogP contribution is -2.47. The Balaban J connectivity index is 1.26. The fourth-order valence-corrected chi connectivity index (χ4v) is 4.82. The van der Waals surface area contributed by atoms with E-state index in [1.807, 2.05) is 4.90 Å². The zero-order valence-corrected chi connectivity index (χ0v) is 16.0. The van der Waals surface area contributed by atoms with Gasteiger partial charge in [0, 0.05) is 31.6 Å². The molecule has 0 spiro atoms. The molecule has 0 aliphatic carbocycles. The molecule has 3 heterocycles. The largest absolute Gasteiger partial charge is 0.490 e. The van der Waals surface area contributed by atoms with Gasteiger partial charge < -0.3 is 15.0 Å². The Kier molecular flexibility index (Phi) is 5.07. The van der Waals surface area contributed by atoms with Gasteiger partial charge in [0.1, 0.15) is 11.9 Å². The normalized spacial score (nSPS) is 28.2. The number of carbonyl (C=O) groups is 1. The molecule has 0 bridgehead atoms. The molecular weight excluding hydrogens is 326 g/mol. The zero-order valence-electron chi connectivity index (χ0n) is 16.0. The van der Waals surface area contributed by atoms with E-state index in [0.717, 1.165) is 31.6 Å². The van der Waals surface area contributed by atoms with E-state index in [9.17, 15) is 4.79 Å². The maximum Gasteiger partial charge on any atom is 0.317 e. The molecule has 4 rings (SSSR count). The van der Waals surface area contributed by atoms with Crippen LogP contribution in [-0.2, 0) is 12.8 Å². The summed E-state index contributed by atoms with van der Waals surface area (Å²) in [6, 6.07) is 7.36. The standard InChI is InChI=1S/C21H31N3O2/c1-15-13-18-14-17(5-6-20(18)26-15)7-9-22-21(25)24-12-8-19(16(24)2)23-10-3-4-11-23/h5-6,14-16,19H,3-4,7-13H2,1-2H3,(H,22,25). The van der Waals surface area contributed by atoms with Crippen LogP contribution in [0.15, 0.2) is 18.2 Å². The molecule has 142 valence electrons. The van der Waals surface area contributed by atoms with Gasteiger partial charge in [-0.1, -0.05) is 12.1 Å². The Morgan fingerprint density at radius 1 is 1.23 bits per heavy atom. The SMILES string of the molecule is CC1Cc2cc(CCNC(=O)N3CCC(N4CCCC4)C3C)ccc2O1. The van der Waals surface area contributed by atoms with Crippen LogP contribution in [-0.4, -0.2) is 60.2 Å². The average molecular weight is 357 g/mol. The summed E-state index contributed by atoms with van der Waals surface area (Å²) in [6.45, 7) is 8.27. The molecule has 2 saturated heterocycles. The van der Waals surface area contributed by atoms with E-state index in [1.165, 1.54) is 37.1 Å². The van der Waals surface area contributed by atoms with Crippen molar-refractivity contribution in [3.05, 3.63) is 29.3 Å². The number of nitrogens with zero attached hydrogens (tertiary/aromatic N) is 2. The quantitative estimate of drug-likeness (QED) is 0.901. The van der Waals surface area contributed by atoms with Gasteiger partial charge >= 0.3 is 6.03 Å². The molecular formula is C21H31N3O2. The predicted molar refractivity (Wildman–Crippen MR) is 103 cm³/mol. The fourth-order valence-electron chi connectivity index (χ4n) is 4.82. The van der Waals surface area contributed by atoms with Crippen molar-refractivity contribution in [2.75, 3.05) is 26.2 Å². The Labute approximate surface area is 156 Å². The molecule has 1 N–H and O–H groups in total. The lowest BCUT2D eigenvalue weighted by Gasteiger charge is -2.30. The van der Waals surface area contributed by atoms with Gasteiger partial charge in [-0.25, -0.2) is 4.79 Å². The minimum absolute atomic E-state index is 0.0947. The molecule has 3 aliphatic heterocycles.